The maximum Gasteiger partial charge on any atom is 0.243 e. The molecule has 0 spiro atoms. The van der Waals surface area contributed by atoms with E-state index in [1.54, 1.807) is 36.4 Å². The van der Waals surface area contributed by atoms with E-state index in [-0.39, 0.29) is 12.5 Å². The molecule has 2 rings (SSSR count). The molecule has 0 aliphatic heterocycles. The van der Waals surface area contributed by atoms with E-state index in [0.717, 1.165) is 0 Å². The molecular weight excluding hydrogens is 309 g/mol. The second kappa shape index (κ2) is 6.98. The first-order valence-electron chi connectivity index (χ1n) is 6.08. The Bertz CT molecular complexity index is 710. The van der Waals surface area contributed by atoms with Crippen LogP contribution in [0.5, 0.6) is 0 Å². The molecule has 2 aromatic carbocycles. The summed E-state index contributed by atoms with van der Waals surface area (Å²) in [4.78, 5) is 11.8. The second-order valence-corrected chi connectivity index (χ2v) is 5.00. The van der Waals surface area contributed by atoms with Crippen LogP contribution in [-0.4, -0.2) is 12.5 Å². The minimum Gasteiger partial charge on any atom is -0.375 e. The fraction of sp³-hybridized carbons (Fsp3) is 0.0667. The number of para-hydroxylation sites is 1. The van der Waals surface area contributed by atoms with Gasteiger partial charge in [0.05, 0.1) is 39.6 Å². The van der Waals surface area contributed by atoms with Crippen LogP contribution in [-0.2, 0) is 4.79 Å². The van der Waals surface area contributed by atoms with E-state index in [9.17, 15) is 4.79 Å². The highest BCUT2D eigenvalue weighted by Gasteiger charge is 2.07. The van der Waals surface area contributed by atoms with E-state index in [0.29, 0.717) is 27.0 Å². The molecule has 0 bridgehead atoms. The average Bonchev–Trinajstić information content (AvgIpc) is 2.48. The van der Waals surface area contributed by atoms with Gasteiger partial charge in [-0.1, -0.05) is 35.3 Å². The van der Waals surface area contributed by atoms with E-state index < -0.39 is 0 Å². The third kappa shape index (κ3) is 4.12. The molecule has 0 saturated carbocycles. The largest absolute Gasteiger partial charge is 0.375 e. The van der Waals surface area contributed by atoms with E-state index in [4.69, 9.17) is 28.5 Å². The number of anilines is 2. The number of hydrogen-bond acceptors (Lipinski definition) is 3. The number of hydrogen-bond donors (Lipinski definition) is 2. The molecule has 0 radical (unpaired) electrons. The molecule has 0 heterocycles. The number of carbonyl (C=O) groups is 1. The lowest BCUT2D eigenvalue weighted by Gasteiger charge is -2.10. The van der Waals surface area contributed by atoms with Gasteiger partial charge in [0.2, 0.25) is 5.91 Å². The van der Waals surface area contributed by atoms with Crippen LogP contribution in [0.2, 0.25) is 10.0 Å². The zero-order valence-electron chi connectivity index (χ0n) is 10.9. The normalized spacial score (nSPS) is 9.76. The van der Waals surface area contributed by atoms with Gasteiger partial charge < -0.3 is 10.6 Å². The summed E-state index contributed by atoms with van der Waals surface area (Å²) < 4.78 is 0. The maximum absolute atomic E-state index is 11.8. The summed E-state index contributed by atoms with van der Waals surface area (Å²) in [7, 11) is 0. The molecule has 6 heteroatoms. The van der Waals surface area contributed by atoms with Crippen molar-refractivity contribution in [2.45, 2.75) is 0 Å². The standard InChI is InChI=1S/C15H11Cl2N3O/c16-11-3-1-2-4-14(11)20-15(21)9-19-13-6-5-10(8-18)7-12(13)17/h1-7,19H,9H2,(H,20,21). The monoisotopic (exact) mass is 319 g/mol. The van der Waals surface area contributed by atoms with Crippen LogP contribution in [0.1, 0.15) is 5.56 Å². The summed E-state index contributed by atoms with van der Waals surface area (Å²) in [6, 6.07) is 13.8. The number of rotatable bonds is 4. The zero-order valence-corrected chi connectivity index (χ0v) is 12.4. The van der Waals surface area contributed by atoms with Crippen molar-refractivity contribution in [3.63, 3.8) is 0 Å². The van der Waals surface area contributed by atoms with E-state index in [1.807, 2.05) is 6.07 Å². The molecule has 2 N–H and O–H groups in total. The van der Waals surface area contributed by atoms with Crippen molar-refractivity contribution in [1.82, 2.24) is 0 Å². The molecule has 0 aromatic heterocycles. The van der Waals surface area contributed by atoms with Crippen molar-refractivity contribution < 1.29 is 4.79 Å². The number of nitrogens with zero attached hydrogens (tertiary/aromatic N) is 1. The van der Waals surface area contributed by atoms with Crippen LogP contribution in [0.25, 0.3) is 0 Å². The fourth-order valence-corrected chi connectivity index (χ4v) is 2.09. The van der Waals surface area contributed by atoms with Crippen LogP contribution in [0.3, 0.4) is 0 Å². The molecule has 0 unspecified atom stereocenters. The van der Waals surface area contributed by atoms with Crippen molar-refractivity contribution in [3.05, 3.63) is 58.1 Å². The number of amides is 1. The Morgan fingerprint density at radius 1 is 1.10 bits per heavy atom. The lowest BCUT2D eigenvalue weighted by atomic mass is 10.2. The predicted molar refractivity (Wildman–Crippen MR) is 84.7 cm³/mol. The summed E-state index contributed by atoms with van der Waals surface area (Å²) in [6.07, 6.45) is 0. The smallest absolute Gasteiger partial charge is 0.243 e. The molecular formula is C15H11Cl2N3O. The molecule has 106 valence electrons. The van der Waals surface area contributed by atoms with Crippen LogP contribution in [0, 0.1) is 11.3 Å². The average molecular weight is 320 g/mol. The summed E-state index contributed by atoms with van der Waals surface area (Å²) in [5.74, 6) is -0.247. The van der Waals surface area contributed by atoms with E-state index in [1.165, 1.54) is 6.07 Å². The van der Waals surface area contributed by atoms with Gasteiger partial charge in [0, 0.05) is 0 Å². The first-order chi connectivity index (χ1) is 10.1. The van der Waals surface area contributed by atoms with Crippen molar-refractivity contribution in [3.8, 4) is 6.07 Å². The van der Waals surface area contributed by atoms with Gasteiger partial charge in [-0.2, -0.15) is 5.26 Å². The van der Waals surface area contributed by atoms with Crippen LogP contribution < -0.4 is 10.6 Å². The topological polar surface area (TPSA) is 64.9 Å². The molecule has 0 saturated heterocycles. The number of carbonyl (C=O) groups excluding carboxylic acids is 1. The van der Waals surface area contributed by atoms with Gasteiger partial charge in [-0.15, -0.1) is 0 Å². The van der Waals surface area contributed by atoms with Crippen molar-refractivity contribution in [1.29, 1.82) is 5.26 Å². The Morgan fingerprint density at radius 2 is 1.86 bits per heavy atom. The van der Waals surface area contributed by atoms with Crippen molar-refractivity contribution in [2.24, 2.45) is 0 Å². The second-order valence-electron chi connectivity index (χ2n) is 4.19. The van der Waals surface area contributed by atoms with Crippen molar-refractivity contribution in [2.75, 3.05) is 17.2 Å². The van der Waals surface area contributed by atoms with Gasteiger partial charge in [-0.3, -0.25) is 4.79 Å². The number of nitrogens with one attached hydrogen (secondary N) is 2. The SMILES string of the molecule is N#Cc1ccc(NCC(=O)Nc2ccccc2Cl)c(Cl)c1. The Kier molecular flexibility index (Phi) is 5.04. The molecule has 0 aliphatic rings. The quantitative estimate of drug-likeness (QED) is 0.897. The minimum atomic E-state index is -0.247. The lowest BCUT2D eigenvalue weighted by Crippen LogP contribution is -2.22. The van der Waals surface area contributed by atoms with Gasteiger partial charge >= 0.3 is 0 Å². The van der Waals surface area contributed by atoms with Gasteiger partial charge in [0.15, 0.2) is 0 Å². The van der Waals surface area contributed by atoms with Crippen LogP contribution in [0.4, 0.5) is 11.4 Å². The lowest BCUT2D eigenvalue weighted by molar-refractivity contribution is -0.114. The Balaban J connectivity index is 1.96. The van der Waals surface area contributed by atoms with Gasteiger partial charge in [-0.05, 0) is 30.3 Å². The van der Waals surface area contributed by atoms with Crippen LogP contribution >= 0.6 is 23.2 Å². The Labute approximate surface area is 132 Å². The first-order valence-corrected chi connectivity index (χ1v) is 6.83. The molecule has 0 fully saturated rings. The molecule has 4 nitrogen and oxygen atoms in total. The first kappa shape index (κ1) is 15.2. The highest BCUT2D eigenvalue weighted by Crippen LogP contribution is 2.23. The molecule has 0 atom stereocenters. The zero-order chi connectivity index (χ0) is 15.2. The molecule has 2 aromatic rings. The summed E-state index contributed by atoms with van der Waals surface area (Å²) >= 11 is 12.0. The third-order valence-corrected chi connectivity index (χ3v) is 3.33. The van der Waals surface area contributed by atoms with Gasteiger partial charge in [0.1, 0.15) is 0 Å². The summed E-state index contributed by atoms with van der Waals surface area (Å²) in [5, 5.41) is 15.2. The van der Waals surface area contributed by atoms with Gasteiger partial charge in [-0.25, -0.2) is 0 Å². The molecule has 1 amide bonds. The molecule has 0 aliphatic carbocycles. The number of nitriles is 1. The number of benzene rings is 2. The highest BCUT2D eigenvalue weighted by atomic mass is 35.5. The third-order valence-electron chi connectivity index (χ3n) is 2.69. The van der Waals surface area contributed by atoms with Crippen LogP contribution in [0.15, 0.2) is 42.5 Å². The summed E-state index contributed by atoms with van der Waals surface area (Å²) in [6.45, 7) is 0.0385. The van der Waals surface area contributed by atoms with Gasteiger partial charge in [0.25, 0.3) is 0 Å². The van der Waals surface area contributed by atoms with E-state index in [2.05, 4.69) is 10.6 Å². The maximum atomic E-state index is 11.8. The predicted octanol–water partition coefficient (Wildman–Crippen LogP) is 3.92. The Hall–Kier alpha value is -2.22. The number of halogens is 2. The Morgan fingerprint density at radius 3 is 2.52 bits per heavy atom. The summed E-state index contributed by atoms with van der Waals surface area (Å²) in [5.41, 5.74) is 1.60. The highest BCUT2D eigenvalue weighted by molar-refractivity contribution is 6.34. The minimum absolute atomic E-state index is 0.0385. The van der Waals surface area contributed by atoms with E-state index >= 15 is 0 Å². The van der Waals surface area contributed by atoms with Crippen molar-refractivity contribution >= 4 is 40.5 Å². The fourth-order valence-electron chi connectivity index (χ4n) is 1.66. The molecule has 21 heavy (non-hydrogen) atoms.